The number of aliphatic hydroxyl groups excluding tert-OH is 2. The lowest BCUT2D eigenvalue weighted by atomic mass is 9.88. The number of allylic oxidation sites excluding steroid dienone is 1. The van der Waals surface area contributed by atoms with E-state index in [2.05, 4.69) is 36.5 Å². The summed E-state index contributed by atoms with van der Waals surface area (Å²) in [4.78, 5) is 14.3. The van der Waals surface area contributed by atoms with Gasteiger partial charge in [-0.3, -0.25) is 4.79 Å². The number of piperidine rings is 1. The fraction of sp³-hybridized carbons (Fsp3) is 0.607. The van der Waals surface area contributed by atoms with E-state index in [1.807, 2.05) is 23.1 Å². The van der Waals surface area contributed by atoms with Gasteiger partial charge in [0.05, 0.1) is 18.8 Å². The topological polar surface area (TPSA) is 72.8 Å². The van der Waals surface area contributed by atoms with Crippen LogP contribution in [-0.4, -0.2) is 59.4 Å². The van der Waals surface area contributed by atoms with E-state index in [-0.39, 0.29) is 17.9 Å². The Bertz CT molecular complexity index is 858. The molecular weight excluding hydrogens is 412 g/mol. The molecule has 1 aliphatic heterocycles. The number of benzene rings is 1. The van der Waals surface area contributed by atoms with Gasteiger partial charge in [0.25, 0.3) is 0 Å². The molecule has 3 N–H and O–H groups in total. The van der Waals surface area contributed by atoms with Crippen molar-refractivity contribution in [3.05, 3.63) is 59.2 Å². The quantitative estimate of drug-likeness (QED) is 0.397. The van der Waals surface area contributed by atoms with Crippen LogP contribution >= 0.6 is 0 Å². The Balaban J connectivity index is 1.21. The number of rotatable bonds is 9. The molecule has 0 unspecified atom stereocenters. The molecule has 3 aliphatic rings. The number of carbonyl (C=O) groups excluding carboxylic acids is 1. The summed E-state index contributed by atoms with van der Waals surface area (Å²) in [6.45, 7) is 5.14. The van der Waals surface area contributed by atoms with E-state index in [0.717, 1.165) is 57.3 Å². The second-order valence-electron chi connectivity index (χ2n) is 10.3. The van der Waals surface area contributed by atoms with Crippen LogP contribution in [-0.2, 0) is 11.2 Å². The van der Waals surface area contributed by atoms with Crippen molar-refractivity contribution in [2.75, 3.05) is 26.2 Å². The van der Waals surface area contributed by atoms with Gasteiger partial charge >= 0.3 is 0 Å². The minimum Gasteiger partial charge on any atom is -0.392 e. The lowest BCUT2D eigenvalue weighted by molar-refractivity contribution is -0.131. The standard InChI is InChI=1S/C28H40N2O3/c1-20-6-5-7-21(14-20)16-24(31)8-9-25-26-17-22(15-23(26)18-27(25)32)10-11-29-19-28(33)30-12-3-2-4-13-30/h5-9,14-15,23-27,29,31-32H,2-4,10-13,16-19H2,1H3/b9-8+/t23-,24-,25+,26-,27+/m0/s1. The van der Waals surface area contributed by atoms with Crippen LogP contribution in [0.5, 0.6) is 0 Å². The number of hydrogen-bond acceptors (Lipinski definition) is 4. The first kappa shape index (κ1) is 24.2. The highest BCUT2D eigenvalue weighted by atomic mass is 16.3. The van der Waals surface area contributed by atoms with Crippen LogP contribution in [0.25, 0.3) is 0 Å². The average molecular weight is 453 g/mol. The minimum absolute atomic E-state index is 0.101. The number of likely N-dealkylation sites (tertiary alicyclic amines) is 1. The summed E-state index contributed by atoms with van der Waals surface area (Å²) in [5.41, 5.74) is 3.77. The van der Waals surface area contributed by atoms with Crippen LogP contribution in [0.1, 0.15) is 49.7 Å². The SMILES string of the molecule is Cc1cccc(C[C@@H](O)/C=C/[C@@H]2[C@H]3CC(CCNCC(=O)N4CCCCC4)=C[C@H]3C[C@H]2O)c1. The first-order chi connectivity index (χ1) is 16.0. The largest absolute Gasteiger partial charge is 0.392 e. The molecule has 0 bridgehead atoms. The van der Waals surface area contributed by atoms with Gasteiger partial charge in [0.1, 0.15) is 0 Å². The predicted octanol–water partition coefficient (Wildman–Crippen LogP) is 3.39. The van der Waals surface area contributed by atoms with Gasteiger partial charge in [-0.2, -0.15) is 0 Å². The number of nitrogens with zero attached hydrogens (tertiary/aromatic N) is 1. The molecule has 4 rings (SSSR count). The summed E-state index contributed by atoms with van der Waals surface area (Å²) in [7, 11) is 0. The molecule has 180 valence electrons. The summed E-state index contributed by atoms with van der Waals surface area (Å²) in [5, 5.41) is 24.4. The first-order valence-electron chi connectivity index (χ1n) is 12.8. The number of nitrogens with one attached hydrogen (secondary N) is 1. The van der Waals surface area contributed by atoms with Crippen LogP contribution in [0.15, 0.2) is 48.1 Å². The monoisotopic (exact) mass is 452 g/mol. The molecule has 5 atom stereocenters. The summed E-state index contributed by atoms with van der Waals surface area (Å²) < 4.78 is 0. The molecule has 0 aromatic heterocycles. The maximum absolute atomic E-state index is 12.3. The van der Waals surface area contributed by atoms with Crippen molar-refractivity contribution in [1.82, 2.24) is 10.2 Å². The molecule has 5 heteroatoms. The highest BCUT2D eigenvalue weighted by molar-refractivity contribution is 5.78. The average Bonchev–Trinajstić information content (AvgIpc) is 3.32. The van der Waals surface area contributed by atoms with Gasteiger partial charge in [0.15, 0.2) is 0 Å². The van der Waals surface area contributed by atoms with Crippen molar-refractivity contribution in [3.63, 3.8) is 0 Å². The second-order valence-corrected chi connectivity index (χ2v) is 10.3. The Labute approximate surface area is 198 Å². The molecule has 1 aromatic carbocycles. The summed E-state index contributed by atoms with van der Waals surface area (Å²) in [6, 6.07) is 8.24. The van der Waals surface area contributed by atoms with Gasteiger partial charge in [-0.25, -0.2) is 0 Å². The summed E-state index contributed by atoms with van der Waals surface area (Å²) in [6.07, 6.45) is 12.3. The van der Waals surface area contributed by atoms with Crippen molar-refractivity contribution < 1.29 is 15.0 Å². The smallest absolute Gasteiger partial charge is 0.236 e. The molecule has 0 spiro atoms. The molecule has 1 saturated heterocycles. The van der Waals surface area contributed by atoms with E-state index in [4.69, 9.17) is 0 Å². The number of aliphatic hydroxyl groups is 2. The maximum atomic E-state index is 12.3. The Hall–Kier alpha value is -1.95. The third kappa shape index (κ3) is 6.56. The van der Waals surface area contributed by atoms with E-state index in [1.165, 1.54) is 17.6 Å². The molecule has 1 saturated carbocycles. The molecule has 1 heterocycles. The van der Waals surface area contributed by atoms with Gasteiger partial charge in [0, 0.05) is 25.4 Å². The second kappa shape index (κ2) is 11.5. The molecule has 2 fully saturated rings. The van der Waals surface area contributed by atoms with Gasteiger partial charge in [0.2, 0.25) is 5.91 Å². The van der Waals surface area contributed by atoms with Crippen molar-refractivity contribution in [2.45, 2.75) is 64.1 Å². The number of carbonyl (C=O) groups is 1. The molecule has 0 radical (unpaired) electrons. The van der Waals surface area contributed by atoms with Crippen molar-refractivity contribution in [3.8, 4) is 0 Å². The van der Waals surface area contributed by atoms with E-state index in [1.54, 1.807) is 0 Å². The molecule has 1 aromatic rings. The van der Waals surface area contributed by atoms with E-state index in [0.29, 0.717) is 24.8 Å². The third-order valence-corrected chi connectivity index (χ3v) is 7.64. The van der Waals surface area contributed by atoms with Crippen molar-refractivity contribution >= 4 is 5.91 Å². The Morgan fingerprint density at radius 1 is 1.27 bits per heavy atom. The fourth-order valence-electron chi connectivity index (χ4n) is 5.90. The van der Waals surface area contributed by atoms with Gasteiger partial charge < -0.3 is 20.4 Å². The zero-order valence-corrected chi connectivity index (χ0v) is 20.0. The highest BCUT2D eigenvalue weighted by Crippen LogP contribution is 2.47. The molecule has 33 heavy (non-hydrogen) atoms. The lowest BCUT2D eigenvalue weighted by Crippen LogP contribution is -2.41. The predicted molar refractivity (Wildman–Crippen MR) is 132 cm³/mol. The number of hydrogen-bond donors (Lipinski definition) is 3. The van der Waals surface area contributed by atoms with Crippen LogP contribution in [0.4, 0.5) is 0 Å². The molecular formula is C28H40N2O3. The zero-order valence-electron chi connectivity index (χ0n) is 20.0. The number of fused-ring (bicyclic) bond motifs is 1. The summed E-state index contributed by atoms with van der Waals surface area (Å²) in [5.74, 6) is 1.18. The Kier molecular flexibility index (Phi) is 8.39. The fourth-order valence-corrected chi connectivity index (χ4v) is 5.90. The van der Waals surface area contributed by atoms with Crippen LogP contribution in [0, 0.1) is 24.7 Å². The van der Waals surface area contributed by atoms with E-state index in [9.17, 15) is 15.0 Å². The van der Waals surface area contributed by atoms with Crippen molar-refractivity contribution in [2.24, 2.45) is 17.8 Å². The molecule has 2 aliphatic carbocycles. The number of aryl methyl sites for hydroxylation is 1. The van der Waals surface area contributed by atoms with Crippen LogP contribution in [0.3, 0.4) is 0 Å². The normalized spacial score (nSPS) is 28.2. The zero-order chi connectivity index (χ0) is 23.2. The third-order valence-electron chi connectivity index (χ3n) is 7.64. The molecule has 1 amide bonds. The molecule has 5 nitrogen and oxygen atoms in total. The number of amides is 1. The summed E-state index contributed by atoms with van der Waals surface area (Å²) >= 11 is 0. The van der Waals surface area contributed by atoms with Gasteiger partial charge in [-0.05, 0) is 69.4 Å². The van der Waals surface area contributed by atoms with Crippen LogP contribution in [0.2, 0.25) is 0 Å². The van der Waals surface area contributed by atoms with Crippen molar-refractivity contribution in [1.29, 1.82) is 0 Å². The first-order valence-corrected chi connectivity index (χ1v) is 12.8. The Morgan fingerprint density at radius 2 is 2.09 bits per heavy atom. The highest BCUT2D eigenvalue weighted by Gasteiger charge is 2.43. The van der Waals surface area contributed by atoms with Gasteiger partial charge in [-0.15, -0.1) is 0 Å². The maximum Gasteiger partial charge on any atom is 0.236 e. The minimum atomic E-state index is -0.534. The lowest BCUT2D eigenvalue weighted by Gasteiger charge is -2.26. The van der Waals surface area contributed by atoms with E-state index < -0.39 is 6.10 Å². The Morgan fingerprint density at radius 3 is 2.88 bits per heavy atom. The van der Waals surface area contributed by atoms with E-state index >= 15 is 0 Å². The van der Waals surface area contributed by atoms with Crippen LogP contribution < -0.4 is 5.32 Å². The van der Waals surface area contributed by atoms with Gasteiger partial charge in [-0.1, -0.05) is 53.6 Å².